The highest BCUT2D eigenvalue weighted by molar-refractivity contribution is 6.00. The van der Waals surface area contributed by atoms with Gasteiger partial charge in [0.1, 0.15) is 5.82 Å². The summed E-state index contributed by atoms with van der Waals surface area (Å²) in [7, 11) is 1.74. The Balaban J connectivity index is 2.16. The first kappa shape index (κ1) is 20.5. The highest BCUT2D eigenvalue weighted by atomic mass is 19.3. The molecule has 7 nitrogen and oxygen atoms in total. The lowest BCUT2D eigenvalue weighted by molar-refractivity contribution is -0.0446. The lowest BCUT2D eigenvalue weighted by Crippen LogP contribution is -2.37. The number of allylic oxidation sites excluding steroid dienone is 2. The number of nitrogens with zero attached hydrogens (tertiary/aromatic N) is 2. The molecule has 2 rings (SSSR count). The van der Waals surface area contributed by atoms with Crippen molar-refractivity contribution in [2.45, 2.75) is 39.3 Å². The number of carbonyl (C=O) groups is 1. The number of nitrogens with one attached hydrogen (secondary N) is 1. The van der Waals surface area contributed by atoms with Crippen molar-refractivity contribution in [3.63, 3.8) is 0 Å². The van der Waals surface area contributed by atoms with E-state index in [0.717, 1.165) is 12.5 Å². The smallest absolute Gasteiger partial charge is 0.278 e. The molecule has 0 aromatic carbocycles. The van der Waals surface area contributed by atoms with Crippen LogP contribution in [-0.4, -0.2) is 41.4 Å². The van der Waals surface area contributed by atoms with Gasteiger partial charge in [0.25, 0.3) is 11.8 Å². The Labute approximate surface area is 157 Å². The molecule has 1 atom stereocenters. The maximum Gasteiger partial charge on any atom is 0.278 e. The van der Waals surface area contributed by atoms with Gasteiger partial charge >= 0.3 is 0 Å². The van der Waals surface area contributed by atoms with E-state index < -0.39 is 18.6 Å². The van der Waals surface area contributed by atoms with E-state index in [0.29, 0.717) is 29.2 Å². The predicted molar refractivity (Wildman–Crippen MR) is 98.9 cm³/mol. The molecule has 1 aliphatic heterocycles. The third-order valence-electron chi connectivity index (χ3n) is 4.32. The number of hydrogen-bond donors (Lipinski definition) is 3. The summed E-state index contributed by atoms with van der Waals surface area (Å²) in [5.74, 6) is -2.62. The number of halogens is 2. The van der Waals surface area contributed by atoms with Gasteiger partial charge in [0.15, 0.2) is 12.5 Å². The van der Waals surface area contributed by atoms with Gasteiger partial charge in [-0.2, -0.15) is 0 Å². The molecule has 0 fully saturated rings. The molecule has 0 aliphatic carbocycles. The SMILES string of the molecule is CNc1nccc2c1CN(C(C)/C(N)=C/C(C)=C(\N)OCC(C)(F)F)C2=O. The molecule has 27 heavy (non-hydrogen) atoms. The second-order valence-electron chi connectivity index (χ2n) is 6.60. The molecule has 1 unspecified atom stereocenters. The summed E-state index contributed by atoms with van der Waals surface area (Å²) in [5, 5.41) is 2.97. The predicted octanol–water partition coefficient (Wildman–Crippen LogP) is 2.17. The number of amides is 1. The molecule has 0 bridgehead atoms. The second-order valence-corrected chi connectivity index (χ2v) is 6.60. The molecule has 1 aromatic rings. The zero-order valence-corrected chi connectivity index (χ0v) is 15.8. The summed E-state index contributed by atoms with van der Waals surface area (Å²) in [6, 6.07) is 1.25. The molecule has 0 spiro atoms. The summed E-state index contributed by atoms with van der Waals surface area (Å²) >= 11 is 0. The van der Waals surface area contributed by atoms with Crippen molar-refractivity contribution in [3.05, 3.63) is 46.6 Å². The molecular weight excluding hydrogens is 356 g/mol. The number of aromatic nitrogens is 1. The molecule has 1 amide bonds. The van der Waals surface area contributed by atoms with Crippen LogP contribution in [0.15, 0.2) is 35.5 Å². The first-order valence-corrected chi connectivity index (χ1v) is 8.45. The quantitative estimate of drug-likeness (QED) is 0.494. The number of carbonyl (C=O) groups excluding carboxylic acids is 1. The fraction of sp³-hybridized carbons (Fsp3) is 0.444. The molecule has 0 saturated carbocycles. The minimum atomic E-state index is -2.99. The Bertz CT molecular complexity index is 786. The number of alkyl halides is 2. The number of hydrogen-bond acceptors (Lipinski definition) is 6. The highest BCUT2D eigenvalue weighted by Crippen LogP contribution is 2.30. The van der Waals surface area contributed by atoms with E-state index in [1.807, 2.05) is 0 Å². The van der Waals surface area contributed by atoms with Crippen molar-refractivity contribution < 1.29 is 18.3 Å². The van der Waals surface area contributed by atoms with Crippen LogP contribution in [0, 0.1) is 0 Å². The lowest BCUT2D eigenvalue weighted by Gasteiger charge is -2.25. The summed E-state index contributed by atoms with van der Waals surface area (Å²) in [5.41, 5.74) is 14.0. The number of fused-ring (bicyclic) bond motifs is 1. The number of pyridine rings is 1. The zero-order chi connectivity index (χ0) is 20.4. The van der Waals surface area contributed by atoms with Crippen LogP contribution in [-0.2, 0) is 11.3 Å². The van der Waals surface area contributed by atoms with Gasteiger partial charge in [-0.05, 0) is 26.0 Å². The molecule has 9 heteroatoms. The minimum absolute atomic E-state index is 0.135. The molecule has 148 valence electrons. The summed E-state index contributed by atoms with van der Waals surface area (Å²) in [4.78, 5) is 18.5. The van der Waals surface area contributed by atoms with Gasteiger partial charge in [-0.15, -0.1) is 0 Å². The van der Waals surface area contributed by atoms with E-state index >= 15 is 0 Å². The molecule has 1 aromatic heterocycles. The summed E-state index contributed by atoms with van der Waals surface area (Å²) < 4.78 is 30.6. The molecule has 2 heterocycles. The van der Waals surface area contributed by atoms with Crippen LogP contribution >= 0.6 is 0 Å². The number of nitrogens with two attached hydrogens (primary N) is 2. The van der Waals surface area contributed by atoms with E-state index in [1.165, 1.54) is 6.08 Å². The summed E-state index contributed by atoms with van der Waals surface area (Å²) in [6.45, 7) is 3.68. The molecular formula is C18H25F2N5O2. The van der Waals surface area contributed by atoms with Crippen molar-refractivity contribution in [2.75, 3.05) is 19.0 Å². The maximum absolute atomic E-state index is 12.9. The Hall–Kier alpha value is -2.84. The topological polar surface area (TPSA) is 106 Å². The average molecular weight is 381 g/mol. The van der Waals surface area contributed by atoms with Gasteiger partial charge in [0.2, 0.25) is 0 Å². The molecule has 5 N–H and O–H groups in total. The molecule has 0 radical (unpaired) electrons. The van der Waals surface area contributed by atoms with Crippen molar-refractivity contribution in [1.82, 2.24) is 9.88 Å². The van der Waals surface area contributed by atoms with Gasteiger partial charge in [-0.1, -0.05) is 0 Å². The van der Waals surface area contributed by atoms with E-state index in [1.54, 1.807) is 38.1 Å². The van der Waals surface area contributed by atoms with Gasteiger partial charge < -0.3 is 26.4 Å². The van der Waals surface area contributed by atoms with E-state index in [2.05, 4.69) is 10.3 Å². The summed E-state index contributed by atoms with van der Waals surface area (Å²) in [6.07, 6.45) is 3.10. The Morgan fingerprint density at radius 2 is 2.19 bits per heavy atom. The monoisotopic (exact) mass is 381 g/mol. The highest BCUT2D eigenvalue weighted by Gasteiger charge is 2.33. The maximum atomic E-state index is 12.9. The van der Waals surface area contributed by atoms with Crippen LogP contribution in [0.4, 0.5) is 14.6 Å². The van der Waals surface area contributed by atoms with Crippen molar-refractivity contribution in [1.29, 1.82) is 0 Å². The zero-order valence-electron chi connectivity index (χ0n) is 15.8. The fourth-order valence-electron chi connectivity index (χ4n) is 2.72. The minimum Gasteiger partial charge on any atom is -0.473 e. The average Bonchev–Trinajstić information content (AvgIpc) is 2.95. The van der Waals surface area contributed by atoms with Crippen LogP contribution in [0.1, 0.15) is 36.7 Å². The van der Waals surface area contributed by atoms with Gasteiger partial charge in [0, 0.05) is 42.6 Å². The van der Waals surface area contributed by atoms with Crippen molar-refractivity contribution in [2.24, 2.45) is 11.5 Å². The lowest BCUT2D eigenvalue weighted by atomic mass is 10.1. The van der Waals surface area contributed by atoms with Crippen LogP contribution < -0.4 is 16.8 Å². The van der Waals surface area contributed by atoms with Gasteiger partial charge in [-0.25, -0.2) is 13.8 Å². The number of rotatable bonds is 7. The van der Waals surface area contributed by atoms with Crippen molar-refractivity contribution >= 4 is 11.7 Å². The van der Waals surface area contributed by atoms with E-state index in [9.17, 15) is 13.6 Å². The second kappa shape index (κ2) is 7.81. The fourth-order valence-corrected chi connectivity index (χ4v) is 2.72. The van der Waals surface area contributed by atoms with Crippen molar-refractivity contribution in [3.8, 4) is 0 Å². The third-order valence-corrected chi connectivity index (χ3v) is 4.32. The third kappa shape index (κ3) is 4.66. The standard InChI is InChI=1S/C18H25F2N5O2/c1-10(15(22)27-9-18(3,19)20)7-14(21)11(2)25-8-13-12(17(25)26)5-6-24-16(13)23-4/h5-7,11H,8-9,21-22H2,1-4H3,(H,23,24)/b14-7-,15-10+. The Morgan fingerprint density at radius 3 is 2.78 bits per heavy atom. The van der Waals surface area contributed by atoms with Crippen LogP contribution in [0.5, 0.6) is 0 Å². The Kier molecular flexibility index (Phi) is 5.92. The normalized spacial score (nSPS) is 16.7. The first-order valence-electron chi connectivity index (χ1n) is 8.45. The Morgan fingerprint density at radius 1 is 1.52 bits per heavy atom. The van der Waals surface area contributed by atoms with Crippen LogP contribution in [0.2, 0.25) is 0 Å². The van der Waals surface area contributed by atoms with Crippen LogP contribution in [0.3, 0.4) is 0 Å². The van der Waals surface area contributed by atoms with Crippen LogP contribution in [0.25, 0.3) is 0 Å². The first-order chi connectivity index (χ1) is 12.5. The van der Waals surface area contributed by atoms with E-state index in [4.69, 9.17) is 16.2 Å². The largest absolute Gasteiger partial charge is 0.473 e. The van der Waals surface area contributed by atoms with E-state index in [-0.39, 0.29) is 11.8 Å². The molecule has 1 aliphatic rings. The van der Waals surface area contributed by atoms with Gasteiger partial charge in [-0.3, -0.25) is 4.79 Å². The molecule has 0 saturated heterocycles. The van der Waals surface area contributed by atoms with Gasteiger partial charge in [0.05, 0.1) is 12.6 Å². The number of ether oxygens (including phenoxy) is 1. The number of anilines is 1.